The van der Waals surface area contributed by atoms with Crippen molar-refractivity contribution in [3.63, 3.8) is 0 Å². The van der Waals surface area contributed by atoms with E-state index in [1.54, 1.807) is 36.8 Å². The maximum absolute atomic E-state index is 1.62. The summed E-state index contributed by atoms with van der Waals surface area (Å²) in [5, 5.41) is 0. The average Bonchev–Trinajstić information content (AvgIpc) is 1.37. The second-order valence-corrected chi connectivity index (χ2v) is 27.0. The Morgan fingerprint density at radius 2 is 2.00 bits per heavy atom. The SMILES string of the molecule is [Na][SiH2][SiH2][SiH3]. The molecular weight excluding hydrogens is 107 g/mol. The zero-order valence-corrected chi connectivity index (χ0v) is 10.2. The molecule has 0 heterocycles. The van der Waals surface area contributed by atoms with Crippen LogP contribution in [0.2, 0.25) is 0 Å². The van der Waals surface area contributed by atoms with Gasteiger partial charge in [0.2, 0.25) is 0 Å². The quantitative estimate of drug-likeness (QED) is 0.312. The van der Waals surface area contributed by atoms with E-state index in [0.29, 0.717) is 0 Å². The van der Waals surface area contributed by atoms with Crippen molar-refractivity contribution in [1.29, 1.82) is 0 Å². The third-order valence-corrected chi connectivity index (χ3v) is 40.5. The summed E-state index contributed by atoms with van der Waals surface area (Å²) in [6.45, 7) is 0. The maximum atomic E-state index is 1.62. The second-order valence-electron chi connectivity index (χ2n) is 1.000. The van der Waals surface area contributed by atoms with Crippen molar-refractivity contribution in [3.05, 3.63) is 0 Å². The van der Waals surface area contributed by atoms with Crippen LogP contribution < -0.4 is 0 Å². The van der Waals surface area contributed by atoms with Gasteiger partial charge in [0.25, 0.3) is 0 Å². The van der Waals surface area contributed by atoms with E-state index >= 15 is 0 Å². The van der Waals surface area contributed by atoms with Gasteiger partial charge in [-0.1, -0.05) is 0 Å². The third-order valence-electron chi connectivity index (χ3n) is 0.500. The van der Waals surface area contributed by atoms with E-state index < -0.39 is 0 Å². The summed E-state index contributed by atoms with van der Waals surface area (Å²) < 4.78 is 0. The van der Waals surface area contributed by atoms with E-state index in [1.165, 1.54) is 0 Å². The molecular formula is H7NaSi3. The Bertz CT molecular complexity index is 5.25. The molecule has 0 radical (unpaired) electrons. The molecule has 0 aromatic heterocycles. The summed E-state index contributed by atoms with van der Waals surface area (Å²) in [7, 11) is 2.39. The molecule has 20 valence electrons. The molecule has 0 unspecified atom stereocenters. The molecule has 0 aliphatic heterocycles. The van der Waals surface area contributed by atoms with Gasteiger partial charge in [-0.05, 0) is 0 Å². The zero-order chi connectivity index (χ0) is 3.41. The summed E-state index contributed by atoms with van der Waals surface area (Å²) in [4.78, 5) is 0. The van der Waals surface area contributed by atoms with Gasteiger partial charge in [-0.25, -0.2) is 0 Å². The molecule has 0 N–H and O–H groups in total. The van der Waals surface area contributed by atoms with Crippen LogP contribution in [0.1, 0.15) is 0 Å². The first-order valence-corrected chi connectivity index (χ1v) is 17.2. The first-order chi connectivity index (χ1) is 1.91. The van der Waals surface area contributed by atoms with Crippen molar-refractivity contribution in [1.82, 2.24) is 0 Å². The van der Waals surface area contributed by atoms with Crippen molar-refractivity contribution in [2.45, 2.75) is 0 Å². The van der Waals surface area contributed by atoms with E-state index in [9.17, 15) is 0 Å². The normalized spacial score (nSPS) is 14.5. The zero-order valence-electron chi connectivity index (χ0n) is 3.41. The molecule has 4 heavy (non-hydrogen) atoms. The van der Waals surface area contributed by atoms with Crippen molar-refractivity contribution < 1.29 is 0 Å². The van der Waals surface area contributed by atoms with Crippen LogP contribution in [-0.4, -0.2) is 50.9 Å². The average molecular weight is 114 g/mol. The number of hydrogen-bond acceptors (Lipinski definition) is 0. The minimum absolute atomic E-state index is 0.764. The Kier molecular flexibility index (Phi) is 6.57. The van der Waals surface area contributed by atoms with Crippen molar-refractivity contribution in [2.75, 3.05) is 0 Å². The monoisotopic (exact) mass is 114 g/mol. The summed E-state index contributed by atoms with van der Waals surface area (Å²) in [5.74, 6) is 0. The molecule has 0 rings (SSSR count). The van der Waals surface area contributed by atoms with Gasteiger partial charge in [-0.15, -0.1) is 0 Å². The fraction of sp³-hybridized carbons (Fsp3) is 0. The van der Waals surface area contributed by atoms with Crippen LogP contribution in [0.3, 0.4) is 0 Å². The van der Waals surface area contributed by atoms with Gasteiger partial charge >= 0.3 is 50.9 Å². The summed E-state index contributed by atoms with van der Waals surface area (Å²) in [6, 6.07) is 0. The third kappa shape index (κ3) is 3.65. The van der Waals surface area contributed by atoms with E-state index in [2.05, 4.69) is 0 Å². The van der Waals surface area contributed by atoms with Gasteiger partial charge in [0.15, 0.2) is 0 Å². The molecule has 0 amide bonds. The van der Waals surface area contributed by atoms with Crippen LogP contribution in [0, 0.1) is 0 Å². The second kappa shape index (κ2) is 4.65. The van der Waals surface area contributed by atoms with Crippen LogP contribution in [0.5, 0.6) is 0 Å². The van der Waals surface area contributed by atoms with Gasteiger partial charge in [0.05, 0.1) is 0 Å². The molecule has 0 saturated heterocycles. The fourth-order valence-corrected chi connectivity index (χ4v) is 0. The molecule has 0 aromatic carbocycles. The molecule has 4 heteroatoms. The summed E-state index contributed by atoms with van der Waals surface area (Å²) in [5.41, 5.74) is 0.764. The van der Waals surface area contributed by atoms with Crippen LogP contribution in [0.4, 0.5) is 0 Å². The Morgan fingerprint density at radius 1 is 1.75 bits per heavy atom. The van der Waals surface area contributed by atoms with E-state index in [0.717, 1.165) is 14.2 Å². The Balaban J connectivity index is 1.97. The van der Waals surface area contributed by atoms with Crippen molar-refractivity contribution in [2.24, 2.45) is 0 Å². The Labute approximate surface area is 50.6 Å². The Morgan fingerprint density at radius 3 is 2.00 bits per heavy atom. The predicted octanol–water partition coefficient (Wildman–Crippen LogP) is -3.40. The van der Waals surface area contributed by atoms with Gasteiger partial charge in [-0.3, -0.25) is 0 Å². The van der Waals surface area contributed by atoms with Crippen LogP contribution >= 0.6 is 0 Å². The standard InChI is InChI=1S/Na.H7Si3/c;1-3-2/h;1,3H2,2H3. The summed E-state index contributed by atoms with van der Waals surface area (Å²) in [6.07, 6.45) is 0. The summed E-state index contributed by atoms with van der Waals surface area (Å²) >= 11 is 1.62. The number of hydrogen-bond donors (Lipinski definition) is 0. The van der Waals surface area contributed by atoms with E-state index in [1.807, 2.05) is 0 Å². The van der Waals surface area contributed by atoms with E-state index in [-0.39, 0.29) is 0 Å². The first-order valence-electron chi connectivity index (χ1n) is 1.91. The van der Waals surface area contributed by atoms with Crippen LogP contribution in [0.25, 0.3) is 0 Å². The van der Waals surface area contributed by atoms with Gasteiger partial charge in [-0.2, -0.15) is 0 Å². The van der Waals surface area contributed by atoms with Crippen molar-refractivity contribution in [3.8, 4) is 0 Å². The van der Waals surface area contributed by atoms with Crippen molar-refractivity contribution >= 4 is 50.9 Å². The predicted molar refractivity (Wildman–Crippen MR) is 32.8 cm³/mol. The molecule has 0 aliphatic rings. The van der Waals surface area contributed by atoms with Crippen LogP contribution in [0.15, 0.2) is 0 Å². The Hall–Kier alpha value is 1.65. The van der Waals surface area contributed by atoms with E-state index in [4.69, 9.17) is 0 Å². The molecule has 0 atom stereocenters. The molecule has 0 nitrogen and oxygen atoms in total. The molecule has 0 bridgehead atoms. The topological polar surface area (TPSA) is 0 Å². The minimum atomic E-state index is 0.764. The fourth-order valence-electron chi connectivity index (χ4n) is 0. The molecule has 0 saturated carbocycles. The molecule has 0 fully saturated rings. The van der Waals surface area contributed by atoms with Gasteiger partial charge in [0.1, 0.15) is 0 Å². The first kappa shape index (κ1) is 5.65. The molecule has 0 aliphatic carbocycles. The molecule has 0 spiro atoms. The van der Waals surface area contributed by atoms with Gasteiger partial charge in [0, 0.05) is 0 Å². The van der Waals surface area contributed by atoms with Gasteiger partial charge < -0.3 is 0 Å². The number of rotatable bonds is 1. The molecule has 0 aromatic rings. The van der Waals surface area contributed by atoms with Crippen LogP contribution in [-0.2, 0) is 0 Å².